The number of hydrogen-bond donors (Lipinski definition) is 0. The predicted molar refractivity (Wildman–Crippen MR) is 86.7 cm³/mol. The molecular weight excluding hydrogens is 839 g/mol. The van der Waals surface area contributed by atoms with E-state index in [9.17, 15) is 132 Å². The van der Waals surface area contributed by atoms with E-state index in [0.29, 0.717) is 0 Å². The molecule has 6 nitrogen and oxygen atoms in total. The van der Waals surface area contributed by atoms with Gasteiger partial charge in [-0.3, -0.25) is 18.9 Å². The van der Waals surface area contributed by atoms with E-state index in [-0.39, 0.29) is 0 Å². The van der Waals surface area contributed by atoms with Crippen molar-refractivity contribution in [3.8, 4) is 0 Å². The van der Waals surface area contributed by atoms with Gasteiger partial charge in [-0.25, -0.2) is 4.79 Å². The molecule has 0 N–H and O–H groups in total. The van der Waals surface area contributed by atoms with Gasteiger partial charge in [0.1, 0.15) is 0 Å². The number of alkyl halides is 29. The lowest BCUT2D eigenvalue weighted by Crippen LogP contribution is -2.72. The van der Waals surface area contributed by atoms with Crippen molar-refractivity contribution in [1.29, 1.82) is 0 Å². The summed E-state index contributed by atoms with van der Waals surface area (Å²) in [5, 5.41) is 0. The number of carbonyl (C=O) groups excluding carboxylic acids is 1. The van der Waals surface area contributed by atoms with Crippen molar-refractivity contribution in [2.24, 2.45) is 0 Å². The molecular formula is C16H3F29O6. The summed E-state index contributed by atoms with van der Waals surface area (Å²) in [6.45, 7) is 0. The van der Waals surface area contributed by atoms with Crippen LogP contribution in [-0.4, -0.2) is 97.7 Å². The van der Waals surface area contributed by atoms with Crippen LogP contribution >= 0.6 is 0 Å². The van der Waals surface area contributed by atoms with E-state index in [1.807, 2.05) is 0 Å². The van der Waals surface area contributed by atoms with Gasteiger partial charge in [0.25, 0.3) is 0 Å². The van der Waals surface area contributed by atoms with Crippen molar-refractivity contribution in [3.63, 3.8) is 0 Å². The van der Waals surface area contributed by atoms with Crippen LogP contribution in [-0.2, 0) is 28.5 Å². The Balaban J connectivity index is 7.72. The second-order valence-corrected chi connectivity index (χ2v) is 8.41. The van der Waals surface area contributed by atoms with Crippen LogP contribution in [0.2, 0.25) is 0 Å². The van der Waals surface area contributed by atoms with Gasteiger partial charge in [-0.2, -0.15) is 127 Å². The number of ether oxygens (including phenoxy) is 5. The number of methoxy groups -OCH3 is 1. The fourth-order valence-corrected chi connectivity index (χ4v) is 2.33. The third-order valence-corrected chi connectivity index (χ3v) is 4.83. The van der Waals surface area contributed by atoms with E-state index in [0.717, 1.165) is 14.2 Å². The molecule has 0 amide bonds. The Hall–Kier alpha value is -2.72. The molecule has 0 rings (SSSR count). The minimum atomic E-state index is -9.24. The van der Waals surface area contributed by atoms with Crippen molar-refractivity contribution < 1.29 is 156 Å². The maximum absolute atomic E-state index is 14.4. The van der Waals surface area contributed by atoms with Crippen molar-refractivity contribution in [3.05, 3.63) is 0 Å². The topological polar surface area (TPSA) is 63.2 Å². The third-order valence-electron chi connectivity index (χ3n) is 4.83. The first-order valence-electron chi connectivity index (χ1n) is 10.4. The molecule has 0 saturated carbocycles. The average molecular weight is 842 g/mol. The minimum absolute atomic E-state index is 0.505. The zero-order valence-electron chi connectivity index (χ0n) is 21.9. The number of hydrogen-bond acceptors (Lipinski definition) is 6. The molecule has 0 bridgehead atoms. The van der Waals surface area contributed by atoms with Gasteiger partial charge in [-0.1, -0.05) is 0 Å². The molecule has 0 aliphatic heterocycles. The summed E-state index contributed by atoms with van der Waals surface area (Å²) in [6.07, 6.45) is -77.4. The van der Waals surface area contributed by atoms with Gasteiger partial charge in [0.05, 0.1) is 7.11 Å². The van der Waals surface area contributed by atoms with Crippen molar-refractivity contribution in [2.75, 3.05) is 7.11 Å². The molecule has 0 unspecified atom stereocenters. The van der Waals surface area contributed by atoms with Gasteiger partial charge in [-0.15, -0.1) is 0 Å². The summed E-state index contributed by atoms with van der Waals surface area (Å²) in [6, 6.07) is 0. The van der Waals surface area contributed by atoms with Crippen LogP contribution in [0.15, 0.2) is 0 Å². The Bertz CT molecular complexity index is 1250. The lowest BCUT2D eigenvalue weighted by Gasteiger charge is -2.43. The third kappa shape index (κ3) is 7.97. The average Bonchev–Trinajstić information content (AvgIpc) is 2.83. The van der Waals surface area contributed by atoms with Crippen LogP contribution in [0.3, 0.4) is 0 Å². The smallest absolute Gasteiger partial charge is 0.462 e. The lowest BCUT2D eigenvalue weighted by molar-refractivity contribution is -0.592. The number of rotatable bonds is 13. The van der Waals surface area contributed by atoms with Gasteiger partial charge >= 0.3 is 90.6 Å². The van der Waals surface area contributed by atoms with Gasteiger partial charge < -0.3 is 4.74 Å². The van der Waals surface area contributed by atoms with Crippen LogP contribution < -0.4 is 0 Å². The van der Waals surface area contributed by atoms with Gasteiger partial charge in [0.15, 0.2) is 0 Å². The molecule has 0 spiro atoms. The van der Waals surface area contributed by atoms with E-state index in [1.54, 1.807) is 0 Å². The number of halogens is 29. The SMILES string of the molecule is COC(=O)[C@](F)(OC(F)(F)[C@](F)(OC(F)(F)[C@@](F)(OC(F)(F)[C@@](F)(OC(F)(F)C(F)(F)C(F)(F)F)C(F)(F)F)C(F)(F)F)C(F)(F)F)C(F)(F)F. The zero-order chi connectivity index (χ0) is 42.1. The van der Waals surface area contributed by atoms with Gasteiger partial charge in [0, 0.05) is 0 Å². The summed E-state index contributed by atoms with van der Waals surface area (Å²) in [4.78, 5) is 10.9. The Morgan fingerprint density at radius 1 is 0.333 bits per heavy atom. The molecule has 0 saturated heterocycles. The highest BCUT2D eigenvalue weighted by atomic mass is 19.4. The molecule has 0 aliphatic carbocycles. The van der Waals surface area contributed by atoms with E-state index in [1.165, 1.54) is 4.74 Å². The second-order valence-electron chi connectivity index (χ2n) is 8.41. The lowest BCUT2D eigenvalue weighted by atomic mass is 10.2. The van der Waals surface area contributed by atoms with Gasteiger partial charge in [-0.05, 0) is 0 Å². The van der Waals surface area contributed by atoms with Crippen molar-refractivity contribution >= 4 is 5.97 Å². The first-order chi connectivity index (χ1) is 21.6. The van der Waals surface area contributed by atoms with E-state index < -0.39 is 97.7 Å². The van der Waals surface area contributed by atoms with Crippen LogP contribution in [0.5, 0.6) is 0 Å². The van der Waals surface area contributed by atoms with Crippen molar-refractivity contribution in [1.82, 2.24) is 0 Å². The molecule has 0 fully saturated rings. The first kappa shape index (κ1) is 48.3. The van der Waals surface area contributed by atoms with Crippen LogP contribution in [0.4, 0.5) is 127 Å². The molecule has 306 valence electrons. The van der Waals surface area contributed by atoms with Gasteiger partial charge in [0.2, 0.25) is 0 Å². The molecule has 0 heterocycles. The van der Waals surface area contributed by atoms with Crippen LogP contribution in [0, 0.1) is 0 Å². The first-order valence-corrected chi connectivity index (χ1v) is 10.4. The summed E-state index contributed by atoms with van der Waals surface area (Å²) < 4.78 is 392. The molecule has 0 aromatic rings. The van der Waals surface area contributed by atoms with Crippen LogP contribution in [0.25, 0.3) is 0 Å². The molecule has 4 atom stereocenters. The summed E-state index contributed by atoms with van der Waals surface area (Å²) >= 11 is 0. The maximum Gasteiger partial charge on any atom is 0.462 e. The summed E-state index contributed by atoms with van der Waals surface area (Å²) in [7, 11) is -0.505. The Morgan fingerprint density at radius 3 is 0.765 bits per heavy atom. The standard InChI is InChI=1S/C16H3F29O6/c1-47-2(46)3(17,8(23,24)25)48-14(40,41)5(20,10(29,30)31)50-16(44,45)7(22,12(35,36)37)51-15(42,43)6(21,11(32,33)34)49-13(38,39)4(18,19)9(26,27)28/h1H3/t3-,5+,6-,7-/m0/s1. The molecule has 51 heavy (non-hydrogen) atoms. The quantitative estimate of drug-likeness (QED) is 0.137. The summed E-state index contributed by atoms with van der Waals surface area (Å²) in [5.74, 6) is -47.0. The minimum Gasteiger partial charge on any atom is -0.465 e. The highest BCUT2D eigenvalue weighted by Gasteiger charge is 2.90. The Kier molecular flexibility index (Phi) is 12.0. The summed E-state index contributed by atoms with van der Waals surface area (Å²) in [5.41, 5.74) is 0. The zero-order valence-corrected chi connectivity index (χ0v) is 21.9. The maximum atomic E-state index is 14.4. The molecule has 0 aliphatic rings. The molecule has 0 aromatic heterocycles. The predicted octanol–water partition coefficient (Wildman–Crippen LogP) is 8.71. The van der Waals surface area contributed by atoms with Crippen LogP contribution in [0.1, 0.15) is 0 Å². The number of carbonyl (C=O) groups is 1. The number of esters is 1. The van der Waals surface area contributed by atoms with Crippen molar-refractivity contribution in [2.45, 2.75) is 84.7 Å². The highest BCUT2D eigenvalue weighted by molar-refractivity contribution is 5.78. The van der Waals surface area contributed by atoms with E-state index >= 15 is 0 Å². The highest BCUT2D eigenvalue weighted by Crippen LogP contribution is 2.61. The normalized spacial score (nSPS) is 20.2. The second kappa shape index (κ2) is 12.7. The Labute approximate surface area is 255 Å². The molecule has 35 heteroatoms. The molecule has 0 aromatic carbocycles. The van der Waals surface area contributed by atoms with E-state index in [2.05, 4.69) is 4.74 Å². The fraction of sp³-hybridized carbons (Fsp3) is 0.938. The Morgan fingerprint density at radius 2 is 0.569 bits per heavy atom. The van der Waals surface area contributed by atoms with E-state index in [4.69, 9.17) is 0 Å². The fourth-order valence-electron chi connectivity index (χ4n) is 2.33. The largest absolute Gasteiger partial charge is 0.465 e. The monoisotopic (exact) mass is 842 g/mol. The molecule has 0 radical (unpaired) electrons.